The van der Waals surface area contributed by atoms with Crippen molar-refractivity contribution in [3.8, 4) is 11.5 Å². The number of rotatable bonds is 4. The quantitative estimate of drug-likeness (QED) is 0.654. The van der Waals surface area contributed by atoms with Gasteiger partial charge in [0.1, 0.15) is 11.5 Å². The van der Waals surface area contributed by atoms with Gasteiger partial charge in [-0.15, -0.1) is 11.3 Å². The maximum absolute atomic E-state index is 5.44. The number of thiazole rings is 1. The highest BCUT2D eigenvalue weighted by Gasteiger charge is 2.10. The van der Waals surface area contributed by atoms with Gasteiger partial charge in [0.2, 0.25) is 0 Å². The molecule has 0 spiro atoms. The first-order valence-corrected chi connectivity index (χ1v) is 6.73. The van der Waals surface area contributed by atoms with Crippen LogP contribution >= 0.6 is 11.3 Å². The van der Waals surface area contributed by atoms with Crippen LogP contribution < -0.4 is 11.3 Å². The summed E-state index contributed by atoms with van der Waals surface area (Å²) in [4.78, 5) is 13.3. The Bertz CT molecular complexity index is 535. The number of aromatic nitrogens is 3. The molecule has 0 atom stereocenters. The summed E-state index contributed by atoms with van der Waals surface area (Å²) in [7, 11) is 0. The number of aryl methyl sites for hydroxylation is 1. The Balaban J connectivity index is 2.40. The lowest BCUT2D eigenvalue weighted by Crippen LogP contribution is -2.11. The van der Waals surface area contributed by atoms with Crippen LogP contribution in [0.3, 0.4) is 0 Å². The van der Waals surface area contributed by atoms with E-state index in [2.05, 4.69) is 34.2 Å². The monoisotopic (exact) mass is 263 g/mol. The Morgan fingerprint density at radius 1 is 1.33 bits per heavy atom. The molecular weight excluding hydrogens is 246 g/mol. The Morgan fingerprint density at radius 3 is 2.67 bits per heavy atom. The second-order valence-electron chi connectivity index (χ2n) is 4.56. The molecule has 96 valence electrons. The van der Waals surface area contributed by atoms with E-state index in [9.17, 15) is 0 Å². The molecule has 0 saturated carbocycles. The van der Waals surface area contributed by atoms with E-state index < -0.39 is 0 Å². The van der Waals surface area contributed by atoms with E-state index in [1.165, 1.54) is 0 Å². The standard InChI is InChI=1S/C12H17N5S/c1-7(2)4-9-5-11(17-13)16-12(15-9)10-6-18-8(3)14-10/h5-7H,4,13H2,1-3H3,(H,15,16,17). The van der Waals surface area contributed by atoms with Gasteiger partial charge in [0.25, 0.3) is 0 Å². The van der Waals surface area contributed by atoms with Crippen molar-refractivity contribution in [2.24, 2.45) is 11.8 Å². The summed E-state index contributed by atoms with van der Waals surface area (Å²) in [5.74, 6) is 7.24. The van der Waals surface area contributed by atoms with Crippen molar-refractivity contribution in [3.05, 3.63) is 22.1 Å². The number of nitrogens with zero attached hydrogens (tertiary/aromatic N) is 3. The van der Waals surface area contributed by atoms with E-state index in [0.29, 0.717) is 17.6 Å². The summed E-state index contributed by atoms with van der Waals surface area (Å²) in [6.07, 6.45) is 0.896. The molecule has 5 nitrogen and oxygen atoms in total. The third-order valence-electron chi connectivity index (χ3n) is 2.39. The molecule has 2 aromatic heterocycles. The number of hydrogen-bond acceptors (Lipinski definition) is 6. The highest BCUT2D eigenvalue weighted by molar-refractivity contribution is 7.09. The highest BCUT2D eigenvalue weighted by Crippen LogP contribution is 2.20. The van der Waals surface area contributed by atoms with E-state index in [1.807, 2.05) is 18.4 Å². The van der Waals surface area contributed by atoms with Crippen molar-refractivity contribution in [2.75, 3.05) is 5.43 Å². The minimum atomic E-state index is 0.538. The number of hydrogen-bond donors (Lipinski definition) is 2. The van der Waals surface area contributed by atoms with Gasteiger partial charge in [-0.1, -0.05) is 13.8 Å². The molecule has 0 aromatic carbocycles. The van der Waals surface area contributed by atoms with Crippen molar-refractivity contribution in [3.63, 3.8) is 0 Å². The number of nitrogen functional groups attached to an aromatic ring is 1. The van der Waals surface area contributed by atoms with Gasteiger partial charge in [0.05, 0.1) is 5.01 Å². The lowest BCUT2D eigenvalue weighted by molar-refractivity contribution is 0.634. The fraction of sp³-hybridized carbons (Fsp3) is 0.417. The first kappa shape index (κ1) is 12.9. The summed E-state index contributed by atoms with van der Waals surface area (Å²) in [5.41, 5.74) is 4.37. The Kier molecular flexibility index (Phi) is 3.88. The molecule has 0 aliphatic heterocycles. The zero-order chi connectivity index (χ0) is 13.1. The van der Waals surface area contributed by atoms with Crippen molar-refractivity contribution in [2.45, 2.75) is 27.2 Å². The van der Waals surface area contributed by atoms with Gasteiger partial charge in [-0.05, 0) is 19.3 Å². The lowest BCUT2D eigenvalue weighted by Gasteiger charge is -2.08. The van der Waals surface area contributed by atoms with Crippen LogP contribution in [0.15, 0.2) is 11.4 Å². The predicted octanol–water partition coefficient (Wildman–Crippen LogP) is 2.39. The van der Waals surface area contributed by atoms with Crippen LogP contribution in [0.2, 0.25) is 0 Å². The fourth-order valence-electron chi connectivity index (χ4n) is 1.67. The molecule has 6 heteroatoms. The summed E-state index contributed by atoms with van der Waals surface area (Å²) < 4.78 is 0. The molecule has 0 fully saturated rings. The van der Waals surface area contributed by atoms with Crippen LogP contribution in [0.1, 0.15) is 24.5 Å². The Morgan fingerprint density at radius 2 is 2.11 bits per heavy atom. The van der Waals surface area contributed by atoms with Gasteiger partial charge < -0.3 is 5.43 Å². The highest BCUT2D eigenvalue weighted by atomic mass is 32.1. The molecule has 18 heavy (non-hydrogen) atoms. The molecule has 0 radical (unpaired) electrons. The van der Waals surface area contributed by atoms with Gasteiger partial charge >= 0.3 is 0 Å². The molecule has 3 N–H and O–H groups in total. The molecule has 0 saturated heterocycles. The van der Waals surface area contributed by atoms with E-state index >= 15 is 0 Å². The average molecular weight is 263 g/mol. The zero-order valence-corrected chi connectivity index (χ0v) is 11.6. The normalized spacial score (nSPS) is 10.9. The van der Waals surface area contributed by atoms with E-state index in [0.717, 1.165) is 22.8 Å². The molecule has 0 aliphatic carbocycles. The van der Waals surface area contributed by atoms with Crippen LogP contribution in [-0.2, 0) is 6.42 Å². The SMILES string of the molecule is Cc1nc(-c2nc(CC(C)C)cc(NN)n2)cs1. The van der Waals surface area contributed by atoms with Crippen LogP contribution in [-0.4, -0.2) is 15.0 Å². The maximum Gasteiger partial charge on any atom is 0.181 e. The smallest absolute Gasteiger partial charge is 0.181 e. The van der Waals surface area contributed by atoms with Crippen LogP contribution in [0.5, 0.6) is 0 Å². The molecule has 0 amide bonds. The summed E-state index contributed by atoms with van der Waals surface area (Å²) in [6, 6.07) is 1.88. The largest absolute Gasteiger partial charge is 0.308 e. The summed E-state index contributed by atoms with van der Waals surface area (Å²) in [6.45, 7) is 6.28. The van der Waals surface area contributed by atoms with Crippen LogP contribution in [0, 0.1) is 12.8 Å². The molecule has 2 heterocycles. The van der Waals surface area contributed by atoms with E-state index in [1.54, 1.807) is 11.3 Å². The van der Waals surface area contributed by atoms with Gasteiger partial charge in [-0.25, -0.2) is 20.8 Å². The minimum absolute atomic E-state index is 0.538. The van der Waals surface area contributed by atoms with Crippen molar-refractivity contribution in [1.82, 2.24) is 15.0 Å². The summed E-state index contributed by atoms with van der Waals surface area (Å²) >= 11 is 1.59. The van der Waals surface area contributed by atoms with Gasteiger partial charge in [-0.3, -0.25) is 0 Å². The third kappa shape index (κ3) is 3.02. The first-order chi connectivity index (χ1) is 8.58. The minimum Gasteiger partial charge on any atom is -0.308 e. The topological polar surface area (TPSA) is 76.7 Å². The van der Waals surface area contributed by atoms with Crippen molar-refractivity contribution in [1.29, 1.82) is 0 Å². The number of nitrogens with two attached hydrogens (primary N) is 1. The number of hydrazine groups is 1. The molecule has 0 unspecified atom stereocenters. The Hall–Kier alpha value is -1.53. The maximum atomic E-state index is 5.44. The van der Waals surface area contributed by atoms with Crippen molar-refractivity contribution < 1.29 is 0 Å². The second-order valence-corrected chi connectivity index (χ2v) is 5.62. The van der Waals surface area contributed by atoms with Gasteiger partial charge in [0, 0.05) is 17.1 Å². The van der Waals surface area contributed by atoms with E-state index in [4.69, 9.17) is 5.84 Å². The third-order valence-corrected chi connectivity index (χ3v) is 3.17. The van der Waals surface area contributed by atoms with Gasteiger partial charge in [0.15, 0.2) is 5.82 Å². The average Bonchev–Trinajstić information content (AvgIpc) is 2.74. The zero-order valence-electron chi connectivity index (χ0n) is 10.8. The van der Waals surface area contributed by atoms with Gasteiger partial charge in [-0.2, -0.15) is 0 Å². The molecule has 0 bridgehead atoms. The number of anilines is 1. The fourth-order valence-corrected chi connectivity index (χ4v) is 2.27. The Labute approximate surface area is 110 Å². The second kappa shape index (κ2) is 5.41. The van der Waals surface area contributed by atoms with Crippen molar-refractivity contribution >= 4 is 17.2 Å². The number of nitrogens with one attached hydrogen (secondary N) is 1. The molecular formula is C12H17N5S. The molecule has 0 aliphatic rings. The summed E-state index contributed by atoms with van der Waals surface area (Å²) in [5, 5.41) is 2.97. The van der Waals surface area contributed by atoms with Crippen LogP contribution in [0.4, 0.5) is 5.82 Å². The van der Waals surface area contributed by atoms with E-state index in [-0.39, 0.29) is 0 Å². The van der Waals surface area contributed by atoms with Crippen LogP contribution in [0.25, 0.3) is 11.5 Å². The molecule has 2 rings (SSSR count). The lowest BCUT2D eigenvalue weighted by atomic mass is 10.1. The first-order valence-electron chi connectivity index (χ1n) is 5.85. The molecule has 2 aromatic rings. The predicted molar refractivity (Wildman–Crippen MR) is 74.2 cm³/mol.